The minimum absolute atomic E-state index is 0.0163. The van der Waals surface area contributed by atoms with E-state index in [1.807, 2.05) is 0 Å². The lowest BCUT2D eigenvalue weighted by Gasteiger charge is -2.32. The molecule has 1 aliphatic heterocycles. The molecule has 1 aliphatic rings. The summed E-state index contributed by atoms with van der Waals surface area (Å²) in [5.74, 6) is 0.473. The van der Waals surface area contributed by atoms with Gasteiger partial charge in [0.15, 0.2) is 0 Å². The van der Waals surface area contributed by atoms with Gasteiger partial charge in [0.25, 0.3) is 5.56 Å². The van der Waals surface area contributed by atoms with Gasteiger partial charge in [-0.25, -0.2) is 9.78 Å². The van der Waals surface area contributed by atoms with Crippen LogP contribution in [0.3, 0.4) is 0 Å². The second-order valence-electron chi connectivity index (χ2n) is 5.80. The smallest absolute Gasteiger partial charge is 0.328 e. The van der Waals surface area contributed by atoms with Crippen molar-refractivity contribution in [2.45, 2.75) is 31.9 Å². The van der Waals surface area contributed by atoms with Gasteiger partial charge in [0, 0.05) is 63.6 Å². The number of H-pyrrole nitrogens is 1. The Kier molecular flexibility index (Phi) is 5.22. The first-order valence-corrected chi connectivity index (χ1v) is 8.12. The molecule has 0 spiro atoms. The van der Waals surface area contributed by atoms with Crippen LogP contribution in [0.5, 0.6) is 5.88 Å². The number of piperidine rings is 1. The number of amides is 1. The fourth-order valence-electron chi connectivity index (χ4n) is 2.73. The Hall–Kier alpha value is -2.97. The van der Waals surface area contributed by atoms with Gasteiger partial charge in [-0.3, -0.25) is 19.6 Å². The molecule has 0 bridgehead atoms. The van der Waals surface area contributed by atoms with Crippen molar-refractivity contribution in [2.24, 2.45) is 0 Å². The molecule has 9 heteroatoms. The summed E-state index contributed by atoms with van der Waals surface area (Å²) in [4.78, 5) is 46.9. The van der Waals surface area contributed by atoms with Gasteiger partial charge in [0.05, 0.1) is 6.20 Å². The van der Waals surface area contributed by atoms with Gasteiger partial charge in [-0.05, 0) is 0 Å². The van der Waals surface area contributed by atoms with E-state index in [0.29, 0.717) is 19.0 Å². The molecule has 1 amide bonds. The Bertz CT molecular complexity index is 824. The zero-order chi connectivity index (χ0) is 17.6. The monoisotopic (exact) mass is 345 g/mol. The van der Waals surface area contributed by atoms with Crippen LogP contribution < -0.4 is 16.0 Å². The van der Waals surface area contributed by atoms with Crippen molar-refractivity contribution in [1.82, 2.24) is 24.4 Å². The van der Waals surface area contributed by atoms with Gasteiger partial charge in [0.2, 0.25) is 11.8 Å². The van der Waals surface area contributed by atoms with E-state index >= 15 is 0 Å². The first-order valence-electron chi connectivity index (χ1n) is 8.12. The van der Waals surface area contributed by atoms with E-state index in [1.165, 1.54) is 16.8 Å². The fraction of sp³-hybridized carbons (Fsp3) is 0.438. The predicted molar refractivity (Wildman–Crippen MR) is 88.2 cm³/mol. The van der Waals surface area contributed by atoms with E-state index < -0.39 is 11.2 Å². The Labute approximate surface area is 143 Å². The summed E-state index contributed by atoms with van der Waals surface area (Å²) in [5, 5.41) is 0. The highest BCUT2D eigenvalue weighted by Gasteiger charge is 2.24. The average Bonchev–Trinajstić information content (AvgIpc) is 2.62. The van der Waals surface area contributed by atoms with Gasteiger partial charge >= 0.3 is 5.69 Å². The molecule has 1 N–H and O–H groups in total. The van der Waals surface area contributed by atoms with Crippen molar-refractivity contribution in [2.75, 3.05) is 13.1 Å². The highest BCUT2D eigenvalue weighted by molar-refractivity contribution is 5.76. The summed E-state index contributed by atoms with van der Waals surface area (Å²) in [6.45, 7) is 1.44. The number of nitrogens with one attached hydrogen (secondary N) is 1. The molecule has 25 heavy (non-hydrogen) atoms. The molecule has 0 atom stereocenters. The molecule has 9 nitrogen and oxygen atoms in total. The van der Waals surface area contributed by atoms with Crippen LogP contribution in [0.2, 0.25) is 0 Å². The Morgan fingerprint density at radius 2 is 2.08 bits per heavy atom. The first kappa shape index (κ1) is 16.9. The number of carbonyl (C=O) groups excluding carboxylic acids is 1. The van der Waals surface area contributed by atoms with E-state index in [-0.39, 0.29) is 25.0 Å². The number of aromatic amines is 1. The van der Waals surface area contributed by atoms with Crippen molar-refractivity contribution in [3.63, 3.8) is 0 Å². The summed E-state index contributed by atoms with van der Waals surface area (Å²) in [6.07, 6.45) is 7.80. The van der Waals surface area contributed by atoms with Crippen LogP contribution in [0.1, 0.15) is 19.3 Å². The molecular formula is C16H19N5O4. The Morgan fingerprint density at radius 3 is 2.76 bits per heavy atom. The summed E-state index contributed by atoms with van der Waals surface area (Å²) in [6, 6.07) is 1.27. The third kappa shape index (κ3) is 4.52. The maximum absolute atomic E-state index is 12.3. The van der Waals surface area contributed by atoms with E-state index in [1.54, 1.807) is 23.5 Å². The molecular weight excluding hydrogens is 326 g/mol. The van der Waals surface area contributed by atoms with Crippen LogP contribution >= 0.6 is 0 Å². The summed E-state index contributed by atoms with van der Waals surface area (Å²) >= 11 is 0. The van der Waals surface area contributed by atoms with Gasteiger partial charge in [-0.15, -0.1) is 0 Å². The number of hydrogen-bond donors (Lipinski definition) is 1. The van der Waals surface area contributed by atoms with Gasteiger partial charge in [-0.1, -0.05) is 0 Å². The molecule has 0 aromatic carbocycles. The minimum atomic E-state index is -0.503. The van der Waals surface area contributed by atoms with Crippen LogP contribution in [0, 0.1) is 0 Å². The third-order valence-electron chi connectivity index (χ3n) is 4.09. The highest BCUT2D eigenvalue weighted by Crippen LogP contribution is 2.17. The van der Waals surface area contributed by atoms with E-state index in [2.05, 4.69) is 15.0 Å². The molecule has 0 unspecified atom stereocenters. The fourth-order valence-corrected chi connectivity index (χ4v) is 2.73. The molecule has 2 aromatic heterocycles. The number of aromatic nitrogens is 4. The lowest BCUT2D eigenvalue weighted by molar-refractivity contribution is -0.133. The lowest BCUT2D eigenvalue weighted by atomic mass is 10.1. The number of likely N-dealkylation sites (tertiary alicyclic amines) is 1. The third-order valence-corrected chi connectivity index (χ3v) is 4.09. The van der Waals surface area contributed by atoms with E-state index in [0.717, 1.165) is 12.8 Å². The maximum Gasteiger partial charge on any atom is 0.328 e. The summed E-state index contributed by atoms with van der Waals surface area (Å²) in [7, 11) is 0. The van der Waals surface area contributed by atoms with Crippen molar-refractivity contribution in [3.05, 3.63) is 51.7 Å². The molecule has 132 valence electrons. The average molecular weight is 345 g/mol. The Morgan fingerprint density at radius 1 is 1.28 bits per heavy atom. The zero-order valence-electron chi connectivity index (χ0n) is 13.6. The summed E-state index contributed by atoms with van der Waals surface area (Å²) < 4.78 is 7.07. The van der Waals surface area contributed by atoms with Crippen LogP contribution in [0.15, 0.2) is 40.4 Å². The highest BCUT2D eigenvalue weighted by atomic mass is 16.5. The molecule has 0 saturated carbocycles. The van der Waals surface area contributed by atoms with E-state index in [4.69, 9.17) is 4.74 Å². The number of nitrogens with zero attached hydrogens (tertiary/aromatic N) is 4. The van der Waals surface area contributed by atoms with Crippen LogP contribution in [0.4, 0.5) is 0 Å². The normalized spacial score (nSPS) is 15.1. The first-order chi connectivity index (χ1) is 12.1. The minimum Gasteiger partial charge on any atom is -0.473 e. The standard InChI is InChI=1S/C16H19N5O4/c22-13-3-9-21(16(24)19-13)10-4-15(23)20-7-1-12(2-8-20)25-14-11-17-5-6-18-14/h3,5-6,9,11-12H,1-2,4,7-8,10H2,(H,19,22,24). The molecule has 1 fully saturated rings. The van der Waals surface area contributed by atoms with Crippen LogP contribution in [-0.4, -0.2) is 49.5 Å². The number of carbonyl (C=O) groups is 1. The number of hydrogen-bond acceptors (Lipinski definition) is 6. The molecule has 0 aliphatic carbocycles. The molecule has 2 aromatic rings. The topological polar surface area (TPSA) is 110 Å². The Balaban J connectivity index is 1.46. The SMILES string of the molecule is O=C(CCn1ccc(=O)[nH]c1=O)N1CCC(Oc2cnccn2)CC1. The van der Waals surface area contributed by atoms with Crippen molar-refractivity contribution in [1.29, 1.82) is 0 Å². The largest absolute Gasteiger partial charge is 0.473 e. The lowest BCUT2D eigenvalue weighted by Crippen LogP contribution is -2.42. The van der Waals surface area contributed by atoms with Crippen LogP contribution in [0.25, 0.3) is 0 Å². The van der Waals surface area contributed by atoms with Crippen LogP contribution in [-0.2, 0) is 11.3 Å². The van der Waals surface area contributed by atoms with Crippen molar-refractivity contribution in [3.8, 4) is 5.88 Å². The summed E-state index contributed by atoms with van der Waals surface area (Å²) in [5.41, 5.74) is -0.950. The second kappa shape index (κ2) is 7.73. The van der Waals surface area contributed by atoms with Gasteiger partial charge in [-0.2, -0.15) is 0 Å². The maximum atomic E-state index is 12.3. The molecule has 0 radical (unpaired) electrons. The number of ether oxygens (including phenoxy) is 1. The molecule has 1 saturated heterocycles. The van der Waals surface area contributed by atoms with Crippen molar-refractivity contribution < 1.29 is 9.53 Å². The van der Waals surface area contributed by atoms with E-state index in [9.17, 15) is 14.4 Å². The number of rotatable bonds is 5. The van der Waals surface area contributed by atoms with Gasteiger partial charge in [0.1, 0.15) is 6.10 Å². The second-order valence-corrected chi connectivity index (χ2v) is 5.80. The number of aryl methyl sites for hydroxylation is 1. The molecule has 3 rings (SSSR count). The zero-order valence-corrected chi connectivity index (χ0v) is 13.6. The van der Waals surface area contributed by atoms with Gasteiger partial charge < -0.3 is 14.2 Å². The van der Waals surface area contributed by atoms with Crippen molar-refractivity contribution >= 4 is 5.91 Å². The predicted octanol–water partition coefficient (Wildman–Crippen LogP) is -0.213. The quantitative estimate of drug-likeness (QED) is 0.803. The molecule has 3 heterocycles.